The molecule has 8 heteroatoms. The lowest BCUT2D eigenvalue weighted by Crippen LogP contribution is -2.37. The summed E-state index contributed by atoms with van der Waals surface area (Å²) in [5, 5.41) is 5.36. The van der Waals surface area contributed by atoms with Crippen molar-refractivity contribution in [1.82, 2.24) is 15.1 Å². The Morgan fingerprint density at radius 1 is 1.21 bits per heavy atom. The Morgan fingerprint density at radius 2 is 1.96 bits per heavy atom. The average Bonchev–Trinajstić information content (AvgIpc) is 2.96. The average molecular weight is 331 g/mol. The van der Waals surface area contributed by atoms with E-state index in [2.05, 4.69) is 14.9 Å². The highest BCUT2D eigenvalue weighted by Gasteiger charge is 2.24. The van der Waals surface area contributed by atoms with Crippen molar-refractivity contribution < 1.29 is 19.1 Å². The largest absolute Gasteiger partial charge is 0.513 e. The molecule has 0 fully saturated rings. The number of carbonyl (C=O) groups is 2. The molecule has 1 aromatic heterocycles. The van der Waals surface area contributed by atoms with E-state index < -0.39 is 6.16 Å². The number of benzene rings is 1. The first-order valence-electron chi connectivity index (χ1n) is 7.61. The molecular formula is C16H17N3O5. The van der Waals surface area contributed by atoms with Crippen molar-refractivity contribution in [3.05, 3.63) is 51.4 Å². The van der Waals surface area contributed by atoms with Gasteiger partial charge in [0.05, 0.1) is 18.7 Å². The molecule has 2 heterocycles. The van der Waals surface area contributed by atoms with E-state index in [-0.39, 0.29) is 24.6 Å². The van der Waals surface area contributed by atoms with Crippen molar-refractivity contribution in [2.75, 3.05) is 13.2 Å². The first-order valence-corrected chi connectivity index (χ1v) is 7.61. The maximum Gasteiger partial charge on any atom is 0.513 e. The van der Waals surface area contributed by atoms with E-state index in [0.717, 1.165) is 5.69 Å². The summed E-state index contributed by atoms with van der Waals surface area (Å²) in [6.45, 7) is 2.71. The van der Waals surface area contributed by atoms with Crippen LogP contribution < -0.4 is 10.3 Å². The number of H-pyrrole nitrogens is 2. The van der Waals surface area contributed by atoms with E-state index >= 15 is 0 Å². The van der Waals surface area contributed by atoms with Crippen LogP contribution in [0.3, 0.4) is 0 Å². The molecule has 0 aliphatic carbocycles. The fourth-order valence-corrected chi connectivity index (χ4v) is 2.58. The minimum Gasteiger partial charge on any atom is -0.434 e. The van der Waals surface area contributed by atoms with Crippen LogP contribution in [0.15, 0.2) is 29.1 Å². The Bertz CT molecular complexity index is 806. The number of amides is 1. The molecule has 0 radical (unpaired) electrons. The molecule has 1 aliphatic rings. The number of hydrogen-bond donors (Lipinski definition) is 2. The second-order valence-electron chi connectivity index (χ2n) is 5.32. The second kappa shape index (κ2) is 6.61. The zero-order chi connectivity index (χ0) is 17.1. The van der Waals surface area contributed by atoms with E-state index in [9.17, 15) is 14.4 Å². The van der Waals surface area contributed by atoms with E-state index in [1.807, 2.05) is 0 Å². The first-order chi connectivity index (χ1) is 11.6. The standard InChI is InChI=1S/C16H17N3O5/c1-2-23-16(22)24-11-5-3-10(4-6-11)15(21)19-8-7-13-12(9-19)14(20)18-17-13/h3-6H,2,7-9H2,1H3,(H2,17,18,20). The summed E-state index contributed by atoms with van der Waals surface area (Å²) in [7, 11) is 0. The van der Waals surface area contributed by atoms with Crippen LogP contribution in [-0.2, 0) is 17.7 Å². The van der Waals surface area contributed by atoms with Gasteiger partial charge in [-0.3, -0.25) is 14.7 Å². The number of nitrogens with one attached hydrogen (secondary N) is 2. The zero-order valence-corrected chi connectivity index (χ0v) is 13.1. The topological polar surface area (TPSA) is 104 Å². The maximum absolute atomic E-state index is 12.5. The van der Waals surface area contributed by atoms with Crippen molar-refractivity contribution in [3.63, 3.8) is 0 Å². The van der Waals surface area contributed by atoms with E-state index in [1.165, 1.54) is 12.1 Å². The normalized spacial score (nSPS) is 13.3. The van der Waals surface area contributed by atoms with Gasteiger partial charge < -0.3 is 19.5 Å². The van der Waals surface area contributed by atoms with Crippen LogP contribution in [0.5, 0.6) is 5.75 Å². The van der Waals surface area contributed by atoms with Crippen LogP contribution in [0.1, 0.15) is 28.5 Å². The Balaban J connectivity index is 1.68. The third-order valence-electron chi connectivity index (χ3n) is 3.80. The molecule has 0 unspecified atom stereocenters. The van der Waals surface area contributed by atoms with E-state index in [1.54, 1.807) is 24.0 Å². The molecule has 24 heavy (non-hydrogen) atoms. The maximum atomic E-state index is 12.5. The van der Waals surface area contributed by atoms with Gasteiger partial charge in [0.15, 0.2) is 0 Å². The number of rotatable bonds is 3. The molecule has 2 N–H and O–H groups in total. The lowest BCUT2D eigenvalue weighted by Gasteiger charge is -2.26. The van der Waals surface area contributed by atoms with Crippen LogP contribution in [0, 0.1) is 0 Å². The van der Waals surface area contributed by atoms with Crippen LogP contribution >= 0.6 is 0 Å². The second-order valence-corrected chi connectivity index (χ2v) is 5.32. The summed E-state index contributed by atoms with van der Waals surface area (Å²) in [6, 6.07) is 6.22. The highest BCUT2D eigenvalue weighted by molar-refractivity contribution is 5.94. The fraction of sp³-hybridized carbons (Fsp3) is 0.312. The highest BCUT2D eigenvalue weighted by atomic mass is 16.7. The summed E-state index contributed by atoms with van der Waals surface area (Å²) in [5.74, 6) is 0.122. The molecule has 0 bridgehead atoms. The molecule has 8 nitrogen and oxygen atoms in total. The Labute approximate surface area is 137 Å². The summed E-state index contributed by atoms with van der Waals surface area (Å²) in [4.78, 5) is 37.1. The minimum absolute atomic E-state index is 0.177. The molecule has 126 valence electrons. The number of aromatic amines is 2. The number of carbonyl (C=O) groups excluding carboxylic acids is 2. The lowest BCUT2D eigenvalue weighted by molar-refractivity contribution is 0.0734. The number of aromatic nitrogens is 2. The molecule has 0 atom stereocenters. The monoisotopic (exact) mass is 331 g/mol. The Kier molecular flexibility index (Phi) is 4.37. The number of fused-ring (bicyclic) bond motifs is 1. The predicted octanol–water partition coefficient (Wildman–Crippen LogP) is 1.44. The molecule has 0 spiro atoms. The quantitative estimate of drug-likeness (QED) is 0.654. The number of nitrogens with zero attached hydrogens (tertiary/aromatic N) is 1. The highest BCUT2D eigenvalue weighted by Crippen LogP contribution is 2.18. The zero-order valence-electron chi connectivity index (χ0n) is 13.1. The van der Waals surface area contributed by atoms with Gasteiger partial charge in [-0.2, -0.15) is 0 Å². The van der Waals surface area contributed by atoms with Crippen LogP contribution in [0.25, 0.3) is 0 Å². The third kappa shape index (κ3) is 3.17. The lowest BCUT2D eigenvalue weighted by atomic mass is 10.1. The summed E-state index contributed by atoms with van der Waals surface area (Å²) >= 11 is 0. The van der Waals surface area contributed by atoms with Crippen molar-refractivity contribution >= 4 is 12.1 Å². The number of hydrogen-bond acceptors (Lipinski definition) is 5. The van der Waals surface area contributed by atoms with Crippen molar-refractivity contribution in [1.29, 1.82) is 0 Å². The van der Waals surface area contributed by atoms with Crippen LogP contribution in [-0.4, -0.2) is 40.3 Å². The summed E-state index contributed by atoms with van der Waals surface area (Å²) < 4.78 is 9.63. The van der Waals surface area contributed by atoms with Gasteiger partial charge in [-0.05, 0) is 31.2 Å². The molecule has 1 amide bonds. The predicted molar refractivity (Wildman–Crippen MR) is 83.9 cm³/mol. The first kappa shape index (κ1) is 15.9. The minimum atomic E-state index is -0.785. The van der Waals surface area contributed by atoms with Gasteiger partial charge in [-0.1, -0.05) is 0 Å². The molecule has 0 saturated carbocycles. The van der Waals surface area contributed by atoms with Gasteiger partial charge in [-0.15, -0.1) is 0 Å². The molecule has 2 aromatic rings. The molecule has 3 rings (SSSR count). The molecule has 1 aromatic carbocycles. The number of ether oxygens (including phenoxy) is 2. The van der Waals surface area contributed by atoms with Crippen molar-refractivity contribution in [2.45, 2.75) is 19.9 Å². The van der Waals surface area contributed by atoms with Gasteiger partial charge in [0.2, 0.25) is 0 Å². The van der Waals surface area contributed by atoms with E-state index in [0.29, 0.717) is 29.8 Å². The van der Waals surface area contributed by atoms with Crippen LogP contribution in [0.2, 0.25) is 0 Å². The van der Waals surface area contributed by atoms with Gasteiger partial charge >= 0.3 is 6.16 Å². The summed E-state index contributed by atoms with van der Waals surface area (Å²) in [5.41, 5.74) is 1.71. The van der Waals surface area contributed by atoms with Crippen molar-refractivity contribution in [2.24, 2.45) is 0 Å². The Morgan fingerprint density at radius 3 is 2.67 bits per heavy atom. The van der Waals surface area contributed by atoms with Gasteiger partial charge in [0, 0.05) is 24.2 Å². The molecule has 0 saturated heterocycles. The molecular weight excluding hydrogens is 314 g/mol. The summed E-state index contributed by atoms with van der Waals surface area (Å²) in [6.07, 6.45) is -0.184. The smallest absolute Gasteiger partial charge is 0.434 e. The Hall–Kier alpha value is -3.03. The van der Waals surface area contributed by atoms with E-state index in [4.69, 9.17) is 4.74 Å². The fourth-order valence-electron chi connectivity index (χ4n) is 2.58. The van der Waals surface area contributed by atoms with Crippen molar-refractivity contribution in [3.8, 4) is 5.75 Å². The third-order valence-corrected chi connectivity index (χ3v) is 3.80. The van der Waals surface area contributed by atoms with Crippen LogP contribution in [0.4, 0.5) is 4.79 Å². The molecule has 1 aliphatic heterocycles. The van der Waals surface area contributed by atoms with Gasteiger partial charge in [-0.25, -0.2) is 4.79 Å². The van der Waals surface area contributed by atoms with Gasteiger partial charge in [0.1, 0.15) is 5.75 Å². The van der Waals surface area contributed by atoms with Gasteiger partial charge in [0.25, 0.3) is 11.5 Å². The SMILES string of the molecule is CCOC(=O)Oc1ccc(C(=O)N2CCc3[nH][nH]c(=O)c3C2)cc1.